The number of phenols is 9. The van der Waals surface area contributed by atoms with Gasteiger partial charge in [0.1, 0.15) is 5.56 Å². The van der Waals surface area contributed by atoms with E-state index < -0.39 is 74.0 Å². The molecule has 13 nitrogen and oxygen atoms in total. The number of rotatable bonds is 3. The number of nitrogens with one attached hydrogen (secondary N) is 2. The van der Waals surface area contributed by atoms with Crippen LogP contribution in [0.5, 0.6) is 51.7 Å². The topological polar surface area (TPSA) is 244 Å². The molecule has 0 spiro atoms. The van der Waals surface area contributed by atoms with E-state index in [-0.39, 0.29) is 22.5 Å². The van der Waals surface area contributed by atoms with Gasteiger partial charge in [0.15, 0.2) is 46.0 Å². The van der Waals surface area contributed by atoms with Crippen molar-refractivity contribution in [1.82, 2.24) is 4.98 Å². The fourth-order valence-electron chi connectivity index (χ4n) is 3.46. The third-order valence-corrected chi connectivity index (χ3v) is 5.13. The number of H-pyrrole nitrogens is 1. The van der Waals surface area contributed by atoms with E-state index in [4.69, 9.17) is 0 Å². The summed E-state index contributed by atoms with van der Waals surface area (Å²) in [5, 5.41) is 89.8. The molecule has 0 unspecified atom stereocenters. The van der Waals surface area contributed by atoms with Gasteiger partial charge in [0, 0.05) is 29.4 Å². The van der Waals surface area contributed by atoms with E-state index in [2.05, 4.69) is 10.3 Å². The number of amides is 1. The Bertz CT molecular complexity index is 1560. The summed E-state index contributed by atoms with van der Waals surface area (Å²) in [7, 11) is 0. The normalized spacial score (nSPS) is 11.0. The van der Waals surface area contributed by atoms with Gasteiger partial charge < -0.3 is 56.3 Å². The first-order valence-electron chi connectivity index (χ1n) is 9.56. The van der Waals surface area contributed by atoms with Crippen molar-refractivity contribution >= 4 is 22.5 Å². The molecule has 0 fully saturated rings. The molecule has 0 aliphatic carbocycles. The highest BCUT2D eigenvalue weighted by atomic mass is 16.3. The van der Waals surface area contributed by atoms with Crippen molar-refractivity contribution < 1.29 is 50.8 Å². The standard InChI is InChI=1S/C22H16N2O11/c25-9-1-6(2-10(26)17(9)30)16-15(22(35)23-7-3-11(27)18(31)12(28)4-7)20(33)14-8(24-16)5-13(29)19(32)21(14)34/h1-5,25-32,34H,(H,23,35)(H,24,33). The van der Waals surface area contributed by atoms with Crippen molar-refractivity contribution in [1.29, 1.82) is 0 Å². The molecule has 11 N–H and O–H groups in total. The van der Waals surface area contributed by atoms with Gasteiger partial charge >= 0.3 is 0 Å². The SMILES string of the molecule is O=C(Nc1cc(O)c(O)c(O)c1)c1c(-c2cc(O)c(O)c(O)c2)[nH]c2cc(O)c(O)c(O)c2c1=O. The van der Waals surface area contributed by atoms with E-state index in [1.807, 2.05) is 0 Å². The summed E-state index contributed by atoms with van der Waals surface area (Å²) in [6.07, 6.45) is 0. The number of fused-ring (bicyclic) bond motifs is 1. The van der Waals surface area contributed by atoms with Crippen molar-refractivity contribution in [3.63, 3.8) is 0 Å². The lowest BCUT2D eigenvalue weighted by molar-refractivity contribution is 0.102. The molecule has 0 aliphatic heterocycles. The summed E-state index contributed by atoms with van der Waals surface area (Å²) < 4.78 is 0. The van der Waals surface area contributed by atoms with Gasteiger partial charge in [0.25, 0.3) is 5.91 Å². The highest BCUT2D eigenvalue weighted by molar-refractivity contribution is 6.11. The lowest BCUT2D eigenvalue weighted by Gasteiger charge is -2.15. The Kier molecular flexibility index (Phi) is 5.09. The van der Waals surface area contributed by atoms with Crippen molar-refractivity contribution in [3.05, 3.63) is 46.1 Å². The number of phenolic OH excluding ortho intramolecular Hbond substituents is 9. The molecule has 13 heteroatoms. The average molecular weight is 484 g/mol. The molecule has 35 heavy (non-hydrogen) atoms. The molecule has 3 aromatic carbocycles. The van der Waals surface area contributed by atoms with E-state index >= 15 is 0 Å². The van der Waals surface area contributed by atoms with Gasteiger partial charge in [-0.3, -0.25) is 9.59 Å². The number of anilines is 1. The van der Waals surface area contributed by atoms with Gasteiger partial charge in [-0.2, -0.15) is 0 Å². The number of hydrogen-bond acceptors (Lipinski definition) is 11. The average Bonchev–Trinajstić information content (AvgIpc) is 2.78. The molecule has 4 aromatic rings. The summed E-state index contributed by atoms with van der Waals surface area (Å²) in [6, 6.07) is 4.42. The molecular formula is C22H16N2O11. The minimum absolute atomic E-state index is 0.189. The van der Waals surface area contributed by atoms with Crippen molar-refractivity contribution in [2.24, 2.45) is 0 Å². The number of carbonyl (C=O) groups excluding carboxylic acids is 1. The van der Waals surface area contributed by atoms with Crippen LogP contribution in [0.25, 0.3) is 22.2 Å². The number of hydrogen-bond donors (Lipinski definition) is 11. The van der Waals surface area contributed by atoms with E-state index in [0.717, 1.165) is 30.3 Å². The minimum atomic E-state index is -1.19. The Morgan fingerprint density at radius 1 is 0.657 bits per heavy atom. The predicted octanol–water partition coefficient (Wildman–Crippen LogP) is 1.80. The summed E-state index contributed by atoms with van der Waals surface area (Å²) in [6.45, 7) is 0. The lowest BCUT2D eigenvalue weighted by atomic mass is 10.00. The number of aromatic amines is 1. The Morgan fingerprint density at radius 3 is 1.69 bits per heavy atom. The van der Waals surface area contributed by atoms with Gasteiger partial charge in [-0.05, 0) is 12.1 Å². The van der Waals surface area contributed by atoms with E-state index in [1.165, 1.54) is 0 Å². The van der Waals surface area contributed by atoms with E-state index in [1.54, 1.807) is 0 Å². The van der Waals surface area contributed by atoms with Gasteiger partial charge in [-0.1, -0.05) is 0 Å². The lowest BCUT2D eigenvalue weighted by Crippen LogP contribution is -2.24. The first-order chi connectivity index (χ1) is 16.4. The molecule has 1 heterocycles. The summed E-state index contributed by atoms with van der Waals surface area (Å²) in [5.74, 6) is -9.01. The molecule has 0 radical (unpaired) electrons. The van der Waals surface area contributed by atoms with Crippen LogP contribution in [0.15, 0.2) is 35.1 Å². The Labute approximate surface area is 193 Å². The van der Waals surface area contributed by atoms with Crippen molar-refractivity contribution in [2.45, 2.75) is 0 Å². The smallest absolute Gasteiger partial charge is 0.261 e. The van der Waals surface area contributed by atoms with Crippen LogP contribution in [0.4, 0.5) is 5.69 Å². The minimum Gasteiger partial charge on any atom is -0.504 e. The molecule has 0 aliphatic rings. The second-order valence-corrected chi connectivity index (χ2v) is 7.40. The number of benzene rings is 3. The van der Waals surface area contributed by atoms with Gasteiger partial charge in [0.05, 0.1) is 16.6 Å². The van der Waals surface area contributed by atoms with Crippen molar-refractivity contribution in [3.8, 4) is 63.0 Å². The van der Waals surface area contributed by atoms with Crippen LogP contribution in [-0.4, -0.2) is 56.8 Å². The second kappa shape index (κ2) is 7.84. The maximum Gasteiger partial charge on any atom is 0.261 e. The molecule has 0 saturated carbocycles. The van der Waals surface area contributed by atoms with Crippen LogP contribution >= 0.6 is 0 Å². The molecular weight excluding hydrogens is 468 g/mol. The van der Waals surface area contributed by atoms with Crippen LogP contribution in [0.3, 0.4) is 0 Å². The predicted molar refractivity (Wildman–Crippen MR) is 119 cm³/mol. The summed E-state index contributed by atoms with van der Waals surface area (Å²) in [5.41, 5.74) is -2.97. The molecule has 1 amide bonds. The third kappa shape index (κ3) is 3.62. The first kappa shape index (κ1) is 22.7. The number of pyridine rings is 1. The molecule has 1 aromatic heterocycles. The zero-order valence-corrected chi connectivity index (χ0v) is 17.2. The van der Waals surface area contributed by atoms with Gasteiger partial charge in [-0.15, -0.1) is 0 Å². The zero-order valence-electron chi connectivity index (χ0n) is 17.2. The Balaban J connectivity index is 2.02. The van der Waals surface area contributed by atoms with Gasteiger partial charge in [-0.25, -0.2) is 0 Å². The molecule has 180 valence electrons. The quantitative estimate of drug-likeness (QED) is 0.148. The van der Waals surface area contributed by atoms with Crippen LogP contribution in [-0.2, 0) is 0 Å². The molecule has 4 rings (SSSR count). The van der Waals surface area contributed by atoms with Crippen LogP contribution in [0.1, 0.15) is 10.4 Å². The number of carbonyl (C=O) groups is 1. The maximum atomic E-state index is 13.3. The van der Waals surface area contributed by atoms with E-state index in [9.17, 15) is 55.5 Å². The molecule has 0 bridgehead atoms. The number of aromatic nitrogens is 1. The monoisotopic (exact) mass is 484 g/mol. The zero-order chi connectivity index (χ0) is 25.8. The Hall–Kier alpha value is -5.46. The van der Waals surface area contributed by atoms with Crippen LogP contribution in [0, 0.1) is 0 Å². The third-order valence-electron chi connectivity index (χ3n) is 5.13. The summed E-state index contributed by atoms with van der Waals surface area (Å²) in [4.78, 5) is 29.1. The molecule has 0 atom stereocenters. The highest BCUT2D eigenvalue weighted by Gasteiger charge is 2.26. The Morgan fingerprint density at radius 2 is 1.14 bits per heavy atom. The first-order valence-corrected chi connectivity index (χ1v) is 9.56. The summed E-state index contributed by atoms with van der Waals surface area (Å²) >= 11 is 0. The van der Waals surface area contributed by atoms with Crippen molar-refractivity contribution in [2.75, 3.05) is 5.32 Å². The van der Waals surface area contributed by atoms with E-state index in [0.29, 0.717) is 0 Å². The second-order valence-electron chi connectivity index (χ2n) is 7.40. The fourth-order valence-corrected chi connectivity index (χ4v) is 3.46. The fraction of sp³-hybridized carbons (Fsp3) is 0. The number of aromatic hydroxyl groups is 9. The molecule has 0 saturated heterocycles. The van der Waals surface area contributed by atoms with Crippen LogP contribution in [0.2, 0.25) is 0 Å². The van der Waals surface area contributed by atoms with Gasteiger partial charge in [0.2, 0.25) is 11.2 Å². The van der Waals surface area contributed by atoms with Crippen LogP contribution < -0.4 is 10.7 Å². The highest BCUT2D eigenvalue weighted by Crippen LogP contribution is 2.43. The largest absolute Gasteiger partial charge is 0.504 e. The maximum absolute atomic E-state index is 13.3.